The van der Waals surface area contributed by atoms with Crippen LogP contribution in [0.1, 0.15) is 16.1 Å². The van der Waals surface area contributed by atoms with E-state index < -0.39 is 17.9 Å². The van der Waals surface area contributed by atoms with E-state index in [1.165, 1.54) is 6.20 Å². The molecule has 0 fully saturated rings. The average Bonchev–Trinajstić information content (AvgIpc) is 2.60. The Hall–Kier alpha value is -1.89. The van der Waals surface area contributed by atoms with Gasteiger partial charge in [-0.3, -0.25) is 9.59 Å². The van der Waals surface area contributed by atoms with Gasteiger partial charge in [-0.2, -0.15) is 0 Å². The third-order valence-electron chi connectivity index (χ3n) is 1.78. The Morgan fingerprint density at radius 2 is 2.40 bits per heavy atom. The van der Waals surface area contributed by atoms with Gasteiger partial charge in [0.1, 0.15) is 17.4 Å². The summed E-state index contributed by atoms with van der Waals surface area (Å²) in [6.45, 7) is 1.34. The standard InChI is InChI=1S/C8H11N3O4/c1-4-5(2-11-15-4)8(14)10-3-6(12)7(9)13/h2,6,12H,3H2,1H3,(H2,9,13)(H,10,14). The lowest BCUT2D eigenvalue weighted by Gasteiger charge is -2.07. The molecule has 15 heavy (non-hydrogen) atoms. The minimum Gasteiger partial charge on any atom is -0.381 e. The first-order valence-electron chi connectivity index (χ1n) is 4.19. The smallest absolute Gasteiger partial charge is 0.256 e. The summed E-state index contributed by atoms with van der Waals surface area (Å²) in [4.78, 5) is 21.8. The van der Waals surface area contributed by atoms with Crippen LogP contribution in [0.15, 0.2) is 10.7 Å². The summed E-state index contributed by atoms with van der Waals surface area (Å²) in [5.74, 6) is -1.01. The fourth-order valence-electron chi connectivity index (χ4n) is 0.902. The lowest BCUT2D eigenvalue weighted by molar-refractivity contribution is -0.125. The topological polar surface area (TPSA) is 118 Å². The molecule has 1 heterocycles. The zero-order valence-electron chi connectivity index (χ0n) is 8.06. The second-order valence-corrected chi connectivity index (χ2v) is 2.92. The summed E-state index contributed by atoms with van der Waals surface area (Å²) in [7, 11) is 0. The number of nitrogens with zero attached hydrogens (tertiary/aromatic N) is 1. The number of aliphatic hydroxyl groups is 1. The fraction of sp³-hybridized carbons (Fsp3) is 0.375. The first-order valence-corrected chi connectivity index (χ1v) is 4.19. The van der Waals surface area contributed by atoms with Gasteiger partial charge in [-0.1, -0.05) is 5.16 Å². The second kappa shape index (κ2) is 4.56. The van der Waals surface area contributed by atoms with Crippen molar-refractivity contribution < 1.29 is 19.2 Å². The van der Waals surface area contributed by atoms with Crippen LogP contribution >= 0.6 is 0 Å². The van der Waals surface area contributed by atoms with Crippen molar-refractivity contribution in [3.63, 3.8) is 0 Å². The Kier molecular flexibility index (Phi) is 3.40. The van der Waals surface area contributed by atoms with Gasteiger partial charge in [0.25, 0.3) is 5.91 Å². The number of aliphatic hydroxyl groups excluding tert-OH is 1. The molecule has 82 valence electrons. The molecule has 0 aliphatic rings. The van der Waals surface area contributed by atoms with E-state index in [-0.39, 0.29) is 12.1 Å². The van der Waals surface area contributed by atoms with Crippen LogP contribution in [-0.4, -0.2) is 34.7 Å². The van der Waals surface area contributed by atoms with Crippen LogP contribution < -0.4 is 11.1 Å². The Bertz CT molecular complexity index is 374. The summed E-state index contributed by atoms with van der Waals surface area (Å²) in [6, 6.07) is 0. The summed E-state index contributed by atoms with van der Waals surface area (Å²) < 4.78 is 4.67. The number of aromatic nitrogens is 1. The van der Waals surface area contributed by atoms with Gasteiger partial charge in [-0.05, 0) is 6.92 Å². The van der Waals surface area contributed by atoms with Gasteiger partial charge in [-0.25, -0.2) is 0 Å². The number of hydrogen-bond acceptors (Lipinski definition) is 5. The largest absolute Gasteiger partial charge is 0.381 e. The molecule has 0 radical (unpaired) electrons. The SMILES string of the molecule is Cc1oncc1C(=O)NCC(O)C(N)=O. The Morgan fingerprint density at radius 1 is 1.73 bits per heavy atom. The van der Waals surface area contributed by atoms with Crippen LogP contribution in [0.2, 0.25) is 0 Å². The molecule has 1 aromatic heterocycles. The minimum atomic E-state index is -1.39. The number of hydrogen-bond donors (Lipinski definition) is 3. The van der Waals surface area contributed by atoms with Crippen molar-refractivity contribution >= 4 is 11.8 Å². The molecular weight excluding hydrogens is 202 g/mol. The lowest BCUT2D eigenvalue weighted by atomic mass is 10.2. The van der Waals surface area contributed by atoms with Gasteiger partial charge in [0, 0.05) is 0 Å². The number of nitrogens with one attached hydrogen (secondary N) is 1. The molecule has 1 atom stereocenters. The molecule has 7 nitrogen and oxygen atoms in total. The molecule has 0 saturated heterocycles. The Balaban J connectivity index is 2.51. The molecule has 1 rings (SSSR count). The highest BCUT2D eigenvalue weighted by Crippen LogP contribution is 2.04. The highest BCUT2D eigenvalue weighted by molar-refractivity contribution is 5.95. The van der Waals surface area contributed by atoms with E-state index in [0.717, 1.165) is 0 Å². The third-order valence-corrected chi connectivity index (χ3v) is 1.78. The van der Waals surface area contributed by atoms with Crippen LogP contribution in [0, 0.1) is 6.92 Å². The summed E-state index contributed by atoms with van der Waals surface area (Å²) in [6.07, 6.45) is -0.143. The lowest BCUT2D eigenvalue weighted by Crippen LogP contribution is -2.40. The predicted octanol–water partition coefficient (Wildman–Crippen LogP) is -1.44. The molecule has 7 heteroatoms. The normalized spacial score (nSPS) is 12.1. The fourth-order valence-corrected chi connectivity index (χ4v) is 0.902. The molecule has 1 aromatic rings. The summed E-state index contributed by atoms with van der Waals surface area (Å²) >= 11 is 0. The van der Waals surface area contributed by atoms with Crippen LogP contribution in [0.25, 0.3) is 0 Å². The minimum absolute atomic E-state index is 0.237. The van der Waals surface area contributed by atoms with Crippen molar-refractivity contribution in [1.82, 2.24) is 10.5 Å². The van der Waals surface area contributed by atoms with Crippen molar-refractivity contribution in [2.75, 3.05) is 6.54 Å². The zero-order chi connectivity index (χ0) is 11.4. The van der Waals surface area contributed by atoms with Gasteiger partial charge in [0.2, 0.25) is 5.91 Å². The van der Waals surface area contributed by atoms with Crippen molar-refractivity contribution in [2.24, 2.45) is 5.73 Å². The van der Waals surface area contributed by atoms with Crippen molar-refractivity contribution in [3.8, 4) is 0 Å². The quantitative estimate of drug-likeness (QED) is 0.566. The van der Waals surface area contributed by atoms with Gasteiger partial charge >= 0.3 is 0 Å². The first-order chi connectivity index (χ1) is 7.02. The van der Waals surface area contributed by atoms with Crippen LogP contribution in [-0.2, 0) is 4.79 Å². The molecule has 0 aliphatic heterocycles. The molecule has 0 aromatic carbocycles. The number of rotatable bonds is 4. The molecule has 1 unspecified atom stereocenters. The van der Waals surface area contributed by atoms with Crippen molar-refractivity contribution in [2.45, 2.75) is 13.0 Å². The Morgan fingerprint density at radius 3 is 2.87 bits per heavy atom. The van der Waals surface area contributed by atoms with Gasteiger partial charge in [0.15, 0.2) is 0 Å². The maximum absolute atomic E-state index is 11.4. The molecule has 0 spiro atoms. The number of amides is 2. The highest BCUT2D eigenvalue weighted by atomic mass is 16.5. The number of carbonyl (C=O) groups is 2. The maximum atomic E-state index is 11.4. The Labute approximate surface area is 85.2 Å². The first kappa shape index (κ1) is 11.2. The van der Waals surface area contributed by atoms with E-state index in [9.17, 15) is 9.59 Å². The third kappa shape index (κ3) is 2.78. The average molecular weight is 213 g/mol. The molecule has 0 saturated carbocycles. The zero-order valence-corrected chi connectivity index (χ0v) is 8.06. The van der Waals surface area contributed by atoms with Gasteiger partial charge in [0.05, 0.1) is 12.7 Å². The second-order valence-electron chi connectivity index (χ2n) is 2.92. The van der Waals surface area contributed by atoms with Crippen LogP contribution in [0.4, 0.5) is 0 Å². The van der Waals surface area contributed by atoms with E-state index >= 15 is 0 Å². The van der Waals surface area contributed by atoms with E-state index in [4.69, 9.17) is 10.8 Å². The monoisotopic (exact) mass is 213 g/mol. The van der Waals surface area contributed by atoms with E-state index in [1.54, 1.807) is 6.92 Å². The molecule has 4 N–H and O–H groups in total. The summed E-state index contributed by atoms with van der Waals surface area (Å²) in [5.41, 5.74) is 5.06. The molecule has 2 amide bonds. The summed E-state index contributed by atoms with van der Waals surface area (Å²) in [5, 5.41) is 14.7. The van der Waals surface area contributed by atoms with E-state index in [0.29, 0.717) is 5.76 Å². The number of aryl methyl sites for hydroxylation is 1. The molecular formula is C8H11N3O4. The number of nitrogens with two attached hydrogens (primary N) is 1. The molecule has 0 aliphatic carbocycles. The predicted molar refractivity (Wildman–Crippen MR) is 48.8 cm³/mol. The van der Waals surface area contributed by atoms with Gasteiger partial charge in [-0.15, -0.1) is 0 Å². The van der Waals surface area contributed by atoms with Crippen molar-refractivity contribution in [3.05, 3.63) is 17.5 Å². The molecule has 0 bridgehead atoms. The van der Waals surface area contributed by atoms with Gasteiger partial charge < -0.3 is 20.7 Å². The maximum Gasteiger partial charge on any atom is 0.256 e. The number of carbonyl (C=O) groups excluding carboxylic acids is 2. The highest BCUT2D eigenvalue weighted by Gasteiger charge is 2.16. The van der Waals surface area contributed by atoms with Crippen LogP contribution in [0.3, 0.4) is 0 Å². The van der Waals surface area contributed by atoms with E-state index in [2.05, 4.69) is 15.0 Å². The van der Waals surface area contributed by atoms with E-state index in [1.807, 2.05) is 0 Å². The number of primary amides is 1. The van der Waals surface area contributed by atoms with Crippen molar-refractivity contribution in [1.29, 1.82) is 0 Å². The van der Waals surface area contributed by atoms with Crippen LogP contribution in [0.5, 0.6) is 0 Å².